The van der Waals surface area contributed by atoms with Crippen molar-refractivity contribution >= 4 is 22.0 Å². The van der Waals surface area contributed by atoms with Crippen molar-refractivity contribution in [1.82, 2.24) is 4.72 Å². The van der Waals surface area contributed by atoms with Crippen LogP contribution in [0.5, 0.6) is 0 Å². The first-order valence-corrected chi connectivity index (χ1v) is 9.15. The third-order valence-corrected chi connectivity index (χ3v) is 5.14. The molecule has 2 atom stereocenters. The van der Waals surface area contributed by atoms with E-state index in [1.165, 1.54) is 12.1 Å². The summed E-state index contributed by atoms with van der Waals surface area (Å²) in [5.74, 6) is -1.74. The lowest BCUT2D eigenvalue weighted by molar-refractivity contribution is -0.162. The van der Waals surface area contributed by atoms with Crippen LogP contribution in [0, 0.1) is 12.8 Å². The lowest BCUT2D eigenvalue weighted by Gasteiger charge is -2.22. The molecule has 0 radical (unpaired) electrons. The summed E-state index contributed by atoms with van der Waals surface area (Å²) in [6.07, 6.45) is -0.692. The van der Waals surface area contributed by atoms with E-state index in [1.54, 1.807) is 26.0 Å². The lowest BCUT2D eigenvalue weighted by atomic mass is 10.1. The molecule has 0 bridgehead atoms. The van der Waals surface area contributed by atoms with Gasteiger partial charge in [0.2, 0.25) is 16.1 Å². The highest BCUT2D eigenvalue weighted by atomic mass is 32.2. The Labute approximate surface area is 141 Å². The van der Waals surface area contributed by atoms with E-state index in [4.69, 9.17) is 9.47 Å². The van der Waals surface area contributed by atoms with Gasteiger partial charge < -0.3 is 9.47 Å². The fourth-order valence-electron chi connectivity index (χ4n) is 2.21. The van der Waals surface area contributed by atoms with Gasteiger partial charge in [-0.2, -0.15) is 4.72 Å². The molecule has 0 amide bonds. The van der Waals surface area contributed by atoms with Gasteiger partial charge in [-0.25, -0.2) is 13.2 Å². The first kappa shape index (κ1) is 18.4. The van der Waals surface area contributed by atoms with Crippen molar-refractivity contribution in [2.24, 2.45) is 5.92 Å². The topological polar surface area (TPSA) is 98.8 Å². The maximum atomic E-state index is 12.5. The third-order valence-electron chi connectivity index (χ3n) is 3.68. The smallest absolute Gasteiger partial charge is 0.347 e. The molecule has 0 aliphatic carbocycles. The minimum absolute atomic E-state index is 0.0619. The molecule has 132 valence electrons. The number of hydrogen-bond donors (Lipinski definition) is 1. The van der Waals surface area contributed by atoms with Crippen molar-refractivity contribution in [2.45, 2.75) is 44.2 Å². The Morgan fingerprint density at radius 2 is 1.92 bits per heavy atom. The Morgan fingerprint density at radius 3 is 2.42 bits per heavy atom. The fourth-order valence-corrected chi connectivity index (χ4v) is 3.54. The number of carbonyl (C=O) groups is 2. The summed E-state index contributed by atoms with van der Waals surface area (Å²) in [4.78, 5) is 23.8. The summed E-state index contributed by atoms with van der Waals surface area (Å²) in [5.41, 5.74) is 0.925. The van der Waals surface area contributed by atoms with Gasteiger partial charge in [-0.15, -0.1) is 0 Å². The highest BCUT2D eigenvalue weighted by Crippen LogP contribution is 2.16. The maximum absolute atomic E-state index is 12.5. The summed E-state index contributed by atoms with van der Waals surface area (Å²) >= 11 is 0. The number of esters is 2. The molecular formula is C16H21NO6S. The van der Waals surface area contributed by atoms with Crippen molar-refractivity contribution in [3.63, 3.8) is 0 Å². The van der Waals surface area contributed by atoms with Crippen LogP contribution in [-0.2, 0) is 29.1 Å². The monoisotopic (exact) mass is 355 g/mol. The van der Waals surface area contributed by atoms with Crippen molar-refractivity contribution in [3.8, 4) is 0 Å². The van der Waals surface area contributed by atoms with Crippen LogP contribution in [0.25, 0.3) is 0 Å². The number of benzene rings is 1. The zero-order valence-corrected chi connectivity index (χ0v) is 14.6. The Bertz CT molecular complexity index is 711. The van der Waals surface area contributed by atoms with Crippen LogP contribution in [0.15, 0.2) is 29.2 Å². The normalized spacial score (nSPS) is 19.2. The van der Waals surface area contributed by atoms with E-state index in [0.29, 0.717) is 0 Å². The van der Waals surface area contributed by atoms with E-state index < -0.39 is 34.1 Å². The molecule has 1 fully saturated rings. The van der Waals surface area contributed by atoms with Crippen molar-refractivity contribution < 1.29 is 27.5 Å². The summed E-state index contributed by atoms with van der Waals surface area (Å²) in [7, 11) is -3.88. The molecule has 8 heteroatoms. The van der Waals surface area contributed by atoms with Gasteiger partial charge in [-0.05, 0) is 25.0 Å². The molecule has 1 aliphatic heterocycles. The average Bonchev–Trinajstić information content (AvgIpc) is 2.90. The summed E-state index contributed by atoms with van der Waals surface area (Å²) < 4.78 is 37.1. The van der Waals surface area contributed by atoms with Gasteiger partial charge in [0.1, 0.15) is 6.04 Å². The van der Waals surface area contributed by atoms with Crippen molar-refractivity contribution in [1.29, 1.82) is 0 Å². The number of rotatable bonds is 6. The second-order valence-corrected chi connectivity index (χ2v) is 7.75. The molecule has 1 N–H and O–H groups in total. The average molecular weight is 355 g/mol. The number of aryl methyl sites for hydroxylation is 1. The van der Waals surface area contributed by atoms with E-state index in [1.807, 2.05) is 6.92 Å². The summed E-state index contributed by atoms with van der Waals surface area (Å²) in [6, 6.07) is 5.19. The summed E-state index contributed by atoms with van der Waals surface area (Å²) in [5, 5.41) is 0. The Morgan fingerprint density at radius 1 is 1.29 bits per heavy atom. The molecule has 0 unspecified atom stereocenters. The second-order valence-electron chi connectivity index (χ2n) is 6.04. The van der Waals surface area contributed by atoms with Gasteiger partial charge in [0.25, 0.3) is 0 Å². The van der Waals surface area contributed by atoms with E-state index >= 15 is 0 Å². The van der Waals surface area contributed by atoms with Crippen LogP contribution in [-0.4, -0.2) is 39.1 Å². The predicted molar refractivity (Wildman–Crippen MR) is 85.6 cm³/mol. The number of carbonyl (C=O) groups excluding carboxylic acids is 2. The van der Waals surface area contributed by atoms with Gasteiger partial charge in [-0.3, -0.25) is 4.79 Å². The molecule has 1 aromatic rings. The van der Waals surface area contributed by atoms with Crippen LogP contribution in [0.3, 0.4) is 0 Å². The van der Waals surface area contributed by atoms with Gasteiger partial charge in [-0.1, -0.05) is 31.5 Å². The van der Waals surface area contributed by atoms with Gasteiger partial charge in [0.05, 0.1) is 11.5 Å². The molecule has 2 rings (SSSR count). The Kier molecular flexibility index (Phi) is 5.61. The van der Waals surface area contributed by atoms with Crippen LogP contribution < -0.4 is 4.72 Å². The Hall–Kier alpha value is -1.93. The first-order valence-electron chi connectivity index (χ1n) is 7.67. The van der Waals surface area contributed by atoms with Gasteiger partial charge in [0, 0.05) is 6.42 Å². The first-order chi connectivity index (χ1) is 11.2. The highest BCUT2D eigenvalue weighted by Gasteiger charge is 2.35. The third kappa shape index (κ3) is 4.33. The summed E-state index contributed by atoms with van der Waals surface area (Å²) in [6.45, 7) is 5.42. The predicted octanol–water partition coefficient (Wildman–Crippen LogP) is 1.16. The largest absolute Gasteiger partial charge is 0.463 e. The number of hydrogen-bond acceptors (Lipinski definition) is 6. The minimum Gasteiger partial charge on any atom is -0.463 e. The lowest BCUT2D eigenvalue weighted by Crippen LogP contribution is -2.46. The number of sulfonamides is 1. The van der Waals surface area contributed by atoms with Gasteiger partial charge in [0.15, 0.2) is 0 Å². The van der Waals surface area contributed by atoms with Crippen molar-refractivity contribution in [2.75, 3.05) is 6.61 Å². The number of nitrogens with one attached hydrogen (secondary N) is 1. The standard InChI is InChI=1S/C16H21NO6S/c1-10(2)14(16(19)23-13-8-9-22-15(13)18)17-24(20,21)12-6-4-11(3)5-7-12/h4-7,10,13-14,17H,8-9H2,1-3H3/t13-,14+/m0/s1. The number of ether oxygens (including phenoxy) is 2. The van der Waals surface area contributed by atoms with E-state index in [9.17, 15) is 18.0 Å². The molecule has 1 heterocycles. The molecule has 0 spiro atoms. The van der Waals surface area contributed by atoms with Crippen LogP contribution in [0.1, 0.15) is 25.8 Å². The molecule has 1 aromatic carbocycles. The quantitative estimate of drug-likeness (QED) is 0.769. The zero-order chi connectivity index (χ0) is 17.9. The molecule has 1 aliphatic rings. The SMILES string of the molecule is Cc1ccc(S(=O)(=O)N[C@@H](C(=O)O[C@H]2CCOC2=O)C(C)C)cc1. The maximum Gasteiger partial charge on any atom is 0.347 e. The molecule has 0 aromatic heterocycles. The Balaban J connectivity index is 2.13. The van der Waals surface area contributed by atoms with Crippen LogP contribution in [0.4, 0.5) is 0 Å². The van der Waals surface area contributed by atoms with E-state index in [2.05, 4.69) is 4.72 Å². The molecular weight excluding hydrogens is 334 g/mol. The molecule has 7 nitrogen and oxygen atoms in total. The van der Waals surface area contributed by atoms with Gasteiger partial charge >= 0.3 is 11.9 Å². The fraction of sp³-hybridized carbons (Fsp3) is 0.500. The number of cyclic esters (lactones) is 1. The second kappa shape index (κ2) is 7.31. The zero-order valence-electron chi connectivity index (χ0n) is 13.8. The molecule has 24 heavy (non-hydrogen) atoms. The van der Waals surface area contributed by atoms with Crippen molar-refractivity contribution in [3.05, 3.63) is 29.8 Å². The van der Waals surface area contributed by atoms with E-state index in [0.717, 1.165) is 5.56 Å². The highest BCUT2D eigenvalue weighted by molar-refractivity contribution is 7.89. The minimum atomic E-state index is -3.88. The molecule has 1 saturated heterocycles. The van der Waals surface area contributed by atoms with Crippen LogP contribution in [0.2, 0.25) is 0 Å². The van der Waals surface area contributed by atoms with E-state index in [-0.39, 0.29) is 23.8 Å². The van der Waals surface area contributed by atoms with Crippen LogP contribution >= 0.6 is 0 Å². The molecule has 0 saturated carbocycles.